The van der Waals surface area contributed by atoms with Gasteiger partial charge in [0.05, 0.1) is 11.7 Å². The summed E-state index contributed by atoms with van der Waals surface area (Å²) in [6, 6.07) is 16.4. The first-order valence-corrected chi connectivity index (χ1v) is 7.93. The molecule has 1 unspecified atom stereocenters. The molecular weight excluding hydrogens is 302 g/mol. The molecule has 1 aliphatic rings. The van der Waals surface area contributed by atoms with E-state index >= 15 is 0 Å². The Balaban J connectivity index is 1.84. The fourth-order valence-electron chi connectivity index (χ4n) is 2.95. The van der Waals surface area contributed by atoms with Crippen molar-refractivity contribution in [3.63, 3.8) is 0 Å². The Bertz CT molecular complexity index is 754. The number of carbonyl (C=O) groups excluding carboxylic acids is 2. The highest BCUT2D eigenvalue weighted by Crippen LogP contribution is 2.32. The maximum absolute atomic E-state index is 12.7. The average Bonchev–Trinajstić information content (AvgIpc) is 2.61. The Morgan fingerprint density at radius 1 is 1.17 bits per heavy atom. The third-order valence-corrected chi connectivity index (χ3v) is 4.09. The number of hydrogen-bond donors (Lipinski definition) is 0. The number of benzene rings is 2. The van der Waals surface area contributed by atoms with Crippen molar-refractivity contribution in [3.05, 3.63) is 78.4 Å². The van der Waals surface area contributed by atoms with Gasteiger partial charge in [-0.15, -0.1) is 6.58 Å². The van der Waals surface area contributed by atoms with Gasteiger partial charge in [0.2, 0.25) is 0 Å². The maximum Gasteiger partial charge on any atom is 0.414 e. The second kappa shape index (κ2) is 7.13. The number of ketones is 1. The molecule has 4 nitrogen and oxygen atoms in total. The Morgan fingerprint density at radius 3 is 2.62 bits per heavy atom. The molecule has 1 aliphatic heterocycles. The van der Waals surface area contributed by atoms with Crippen LogP contribution in [0, 0.1) is 0 Å². The van der Waals surface area contributed by atoms with Crippen LogP contribution in [0.25, 0.3) is 0 Å². The highest BCUT2D eigenvalue weighted by atomic mass is 16.6. The number of hydrogen-bond acceptors (Lipinski definition) is 3. The minimum Gasteiger partial charge on any atom is -0.444 e. The van der Waals surface area contributed by atoms with Crippen molar-refractivity contribution in [1.29, 1.82) is 0 Å². The first kappa shape index (κ1) is 16.0. The molecule has 0 aliphatic carbocycles. The molecule has 0 fully saturated rings. The van der Waals surface area contributed by atoms with Gasteiger partial charge in [-0.05, 0) is 24.1 Å². The van der Waals surface area contributed by atoms with Crippen molar-refractivity contribution in [2.24, 2.45) is 0 Å². The number of rotatable bonds is 4. The van der Waals surface area contributed by atoms with E-state index in [0.717, 1.165) is 5.56 Å². The zero-order valence-electron chi connectivity index (χ0n) is 13.4. The molecule has 0 aromatic heterocycles. The van der Waals surface area contributed by atoms with E-state index in [0.29, 0.717) is 17.7 Å². The topological polar surface area (TPSA) is 46.6 Å². The zero-order chi connectivity index (χ0) is 16.9. The largest absolute Gasteiger partial charge is 0.444 e. The lowest BCUT2D eigenvalue weighted by Crippen LogP contribution is -2.45. The van der Waals surface area contributed by atoms with Crippen LogP contribution in [0.1, 0.15) is 28.8 Å². The summed E-state index contributed by atoms with van der Waals surface area (Å²) in [4.78, 5) is 26.6. The summed E-state index contributed by atoms with van der Waals surface area (Å²) in [5, 5.41) is 0. The minimum absolute atomic E-state index is 0.0459. The van der Waals surface area contributed by atoms with Crippen LogP contribution in [0.2, 0.25) is 0 Å². The highest BCUT2D eigenvalue weighted by molar-refractivity contribution is 6.08. The monoisotopic (exact) mass is 321 g/mol. The number of carbonyl (C=O) groups is 2. The van der Waals surface area contributed by atoms with Crippen molar-refractivity contribution in [2.75, 3.05) is 4.90 Å². The van der Waals surface area contributed by atoms with Crippen molar-refractivity contribution < 1.29 is 14.3 Å². The predicted octanol–water partition coefficient (Wildman–Crippen LogP) is 4.36. The molecule has 4 heteroatoms. The number of ether oxygens (including phenoxy) is 1. The number of fused-ring (bicyclic) bond motifs is 1. The van der Waals surface area contributed by atoms with Crippen molar-refractivity contribution >= 4 is 17.6 Å². The maximum atomic E-state index is 12.7. The van der Waals surface area contributed by atoms with Crippen molar-refractivity contribution in [1.82, 2.24) is 0 Å². The van der Waals surface area contributed by atoms with Gasteiger partial charge in [-0.2, -0.15) is 0 Å². The van der Waals surface area contributed by atoms with Crippen LogP contribution < -0.4 is 4.90 Å². The molecular formula is C20H19NO3. The van der Waals surface area contributed by atoms with Gasteiger partial charge in [0.15, 0.2) is 5.78 Å². The summed E-state index contributed by atoms with van der Waals surface area (Å²) >= 11 is 0. The smallest absolute Gasteiger partial charge is 0.414 e. The summed E-state index contributed by atoms with van der Waals surface area (Å²) in [7, 11) is 0. The molecule has 1 amide bonds. The number of amides is 1. The fourth-order valence-corrected chi connectivity index (χ4v) is 2.95. The Kier molecular flexibility index (Phi) is 4.75. The standard InChI is InChI=1S/C20H19NO3/c1-2-8-16-13-19(22)17-11-6-7-12-18(17)21(16)20(23)24-14-15-9-4-3-5-10-15/h2-7,9-12,16H,1,8,13-14H2. The molecule has 2 aromatic rings. The predicted molar refractivity (Wildman–Crippen MR) is 93.1 cm³/mol. The second-order valence-corrected chi connectivity index (χ2v) is 5.73. The molecule has 0 bridgehead atoms. The summed E-state index contributed by atoms with van der Waals surface area (Å²) in [5.41, 5.74) is 2.10. The van der Waals surface area contributed by atoms with Gasteiger partial charge in [0, 0.05) is 12.0 Å². The third-order valence-electron chi connectivity index (χ3n) is 4.09. The van der Waals surface area contributed by atoms with Gasteiger partial charge < -0.3 is 4.74 Å². The number of Topliss-reactive ketones (excluding diaryl/α,β-unsaturated/α-hetero) is 1. The molecule has 0 N–H and O–H groups in total. The van der Waals surface area contributed by atoms with Gasteiger partial charge in [-0.3, -0.25) is 9.69 Å². The zero-order valence-corrected chi connectivity index (χ0v) is 13.4. The molecule has 2 aromatic carbocycles. The van der Waals surface area contributed by atoms with E-state index in [1.165, 1.54) is 0 Å². The molecule has 1 atom stereocenters. The lowest BCUT2D eigenvalue weighted by Gasteiger charge is -2.35. The lowest BCUT2D eigenvalue weighted by atomic mass is 9.93. The first-order valence-electron chi connectivity index (χ1n) is 7.93. The quantitative estimate of drug-likeness (QED) is 0.786. The Hall–Kier alpha value is -2.88. The summed E-state index contributed by atoms with van der Waals surface area (Å²) in [6.45, 7) is 3.93. The van der Waals surface area contributed by atoms with Crippen LogP contribution in [0.3, 0.4) is 0 Å². The fraction of sp³-hybridized carbons (Fsp3) is 0.200. The van der Waals surface area contributed by atoms with Gasteiger partial charge in [-0.25, -0.2) is 4.79 Å². The van der Waals surface area contributed by atoms with E-state index < -0.39 is 6.09 Å². The van der Waals surface area contributed by atoms with Crippen LogP contribution in [-0.2, 0) is 11.3 Å². The second-order valence-electron chi connectivity index (χ2n) is 5.73. The number of anilines is 1. The molecule has 24 heavy (non-hydrogen) atoms. The molecule has 0 saturated heterocycles. The van der Waals surface area contributed by atoms with Gasteiger partial charge >= 0.3 is 6.09 Å². The summed E-state index contributed by atoms with van der Waals surface area (Å²) < 4.78 is 5.48. The highest BCUT2D eigenvalue weighted by Gasteiger charge is 2.35. The van der Waals surface area contributed by atoms with Crippen LogP contribution >= 0.6 is 0 Å². The SMILES string of the molecule is C=CCC1CC(=O)c2ccccc2N1C(=O)OCc1ccccc1. The lowest BCUT2D eigenvalue weighted by molar-refractivity contribution is 0.0961. The average molecular weight is 321 g/mol. The van der Waals surface area contributed by atoms with E-state index in [9.17, 15) is 9.59 Å². The first-order chi connectivity index (χ1) is 11.7. The van der Waals surface area contributed by atoms with Crippen molar-refractivity contribution in [2.45, 2.75) is 25.5 Å². The number of para-hydroxylation sites is 1. The summed E-state index contributed by atoms with van der Waals surface area (Å²) in [5.74, 6) is 0.0459. The van der Waals surface area contributed by atoms with Crippen LogP contribution in [0.5, 0.6) is 0 Å². The molecule has 122 valence electrons. The van der Waals surface area contributed by atoms with Crippen LogP contribution in [0.15, 0.2) is 67.3 Å². The van der Waals surface area contributed by atoms with Gasteiger partial charge in [-0.1, -0.05) is 48.5 Å². The van der Waals surface area contributed by atoms with Gasteiger partial charge in [0.1, 0.15) is 6.61 Å². The normalized spacial score (nSPS) is 16.4. The Morgan fingerprint density at radius 2 is 1.88 bits per heavy atom. The Labute approximate surface area is 141 Å². The van der Waals surface area contributed by atoms with Crippen molar-refractivity contribution in [3.8, 4) is 0 Å². The number of nitrogens with zero attached hydrogens (tertiary/aromatic N) is 1. The van der Waals surface area contributed by atoms with E-state index in [-0.39, 0.29) is 24.9 Å². The van der Waals surface area contributed by atoms with E-state index in [2.05, 4.69) is 6.58 Å². The van der Waals surface area contributed by atoms with E-state index in [4.69, 9.17) is 4.74 Å². The summed E-state index contributed by atoms with van der Waals surface area (Å²) in [6.07, 6.45) is 2.11. The molecule has 0 saturated carbocycles. The van der Waals surface area contributed by atoms with Crippen LogP contribution in [0.4, 0.5) is 10.5 Å². The minimum atomic E-state index is -0.439. The molecule has 0 radical (unpaired) electrons. The third kappa shape index (κ3) is 3.23. The molecule has 0 spiro atoms. The van der Waals surface area contributed by atoms with E-state index in [1.54, 1.807) is 29.2 Å². The van der Waals surface area contributed by atoms with Crippen LogP contribution in [-0.4, -0.2) is 17.9 Å². The van der Waals surface area contributed by atoms with Gasteiger partial charge in [0.25, 0.3) is 0 Å². The molecule has 1 heterocycles. The van der Waals surface area contributed by atoms with E-state index in [1.807, 2.05) is 36.4 Å². The molecule has 3 rings (SSSR count).